The van der Waals surface area contributed by atoms with Gasteiger partial charge in [-0.05, 0) is 59.1 Å². The highest BCUT2D eigenvalue weighted by atomic mass is 32.2. The first-order chi connectivity index (χ1) is 17.8. The van der Waals surface area contributed by atoms with E-state index in [-0.39, 0.29) is 48.0 Å². The van der Waals surface area contributed by atoms with Crippen molar-refractivity contribution in [3.8, 4) is 11.5 Å². The van der Waals surface area contributed by atoms with E-state index < -0.39 is 18.0 Å². The SMILES string of the molecule is CC(C)C(O)CN(Cc1ccccc1SC(F)(F)F)c1cccc(OCc2cccc(OC(F)(F)F)c2)c1. The van der Waals surface area contributed by atoms with Gasteiger partial charge in [0.15, 0.2) is 0 Å². The summed E-state index contributed by atoms with van der Waals surface area (Å²) in [6, 6.07) is 18.4. The number of anilines is 1. The Morgan fingerprint density at radius 3 is 2.24 bits per heavy atom. The van der Waals surface area contributed by atoms with Crippen LogP contribution in [0.2, 0.25) is 0 Å². The molecule has 4 nitrogen and oxygen atoms in total. The van der Waals surface area contributed by atoms with Crippen LogP contribution in [0.5, 0.6) is 11.5 Å². The third-order valence-electron chi connectivity index (χ3n) is 5.46. The van der Waals surface area contributed by atoms with Crippen molar-refractivity contribution in [1.82, 2.24) is 0 Å². The van der Waals surface area contributed by atoms with Crippen molar-refractivity contribution in [1.29, 1.82) is 0 Å². The Labute approximate surface area is 221 Å². The molecule has 0 bridgehead atoms. The molecule has 0 fully saturated rings. The Kier molecular flexibility index (Phi) is 9.83. The van der Waals surface area contributed by atoms with Crippen molar-refractivity contribution in [3.05, 3.63) is 83.9 Å². The van der Waals surface area contributed by atoms with Crippen LogP contribution in [-0.4, -0.2) is 29.6 Å². The Balaban J connectivity index is 1.81. The first-order valence-electron chi connectivity index (χ1n) is 11.6. The maximum Gasteiger partial charge on any atom is 0.573 e. The molecule has 0 aromatic heterocycles. The summed E-state index contributed by atoms with van der Waals surface area (Å²) in [5.74, 6) is -0.0638. The van der Waals surface area contributed by atoms with Crippen LogP contribution in [0.3, 0.4) is 0 Å². The summed E-state index contributed by atoms with van der Waals surface area (Å²) in [6.07, 6.45) is -5.56. The lowest BCUT2D eigenvalue weighted by atomic mass is 10.1. The molecule has 206 valence electrons. The Hall–Kier alpha value is -3.05. The van der Waals surface area contributed by atoms with E-state index in [1.807, 2.05) is 13.8 Å². The molecule has 0 heterocycles. The third kappa shape index (κ3) is 9.68. The van der Waals surface area contributed by atoms with E-state index in [4.69, 9.17) is 4.74 Å². The zero-order valence-corrected chi connectivity index (χ0v) is 21.4. The number of thioether (sulfide) groups is 1. The van der Waals surface area contributed by atoms with Gasteiger partial charge in [0, 0.05) is 29.7 Å². The summed E-state index contributed by atoms with van der Waals surface area (Å²) < 4.78 is 86.6. The van der Waals surface area contributed by atoms with Crippen LogP contribution < -0.4 is 14.4 Å². The minimum Gasteiger partial charge on any atom is -0.489 e. The van der Waals surface area contributed by atoms with Crippen LogP contribution >= 0.6 is 11.8 Å². The molecule has 0 saturated heterocycles. The molecular formula is C27H27F6NO3S. The van der Waals surface area contributed by atoms with Crippen LogP contribution in [-0.2, 0) is 13.2 Å². The van der Waals surface area contributed by atoms with E-state index in [1.165, 1.54) is 30.3 Å². The number of aliphatic hydroxyl groups is 1. The fraction of sp³-hybridized carbons (Fsp3) is 0.333. The Bertz CT molecular complexity index is 1190. The first-order valence-corrected chi connectivity index (χ1v) is 12.4. The maximum atomic E-state index is 13.1. The molecule has 0 aliphatic rings. The van der Waals surface area contributed by atoms with Crippen molar-refractivity contribution in [2.75, 3.05) is 11.4 Å². The van der Waals surface area contributed by atoms with E-state index >= 15 is 0 Å². The van der Waals surface area contributed by atoms with Crippen molar-refractivity contribution < 1.29 is 40.9 Å². The summed E-state index contributed by atoms with van der Waals surface area (Å²) in [7, 11) is 0. The zero-order chi connectivity index (χ0) is 27.9. The van der Waals surface area contributed by atoms with Gasteiger partial charge in [0.2, 0.25) is 0 Å². The quantitative estimate of drug-likeness (QED) is 0.192. The average Bonchev–Trinajstić information content (AvgIpc) is 2.82. The number of ether oxygens (including phenoxy) is 2. The molecule has 1 N–H and O–H groups in total. The molecule has 11 heteroatoms. The number of benzene rings is 3. The molecular weight excluding hydrogens is 532 g/mol. The van der Waals surface area contributed by atoms with Crippen LogP contribution in [0.15, 0.2) is 77.7 Å². The standard InChI is InChI=1S/C27H27F6NO3S/c1-18(2)24(35)16-34(15-20-8-3-4-12-25(20)38-27(31,32)33)21-9-6-10-22(14-21)36-17-19-7-5-11-23(13-19)37-26(28,29)30/h3-14,18,24,35H,15-17H2,1-2H3. The second-order valence-electron chi connectivity index (χ2n) is 8.83. The van der Waals surface area contributed by atoms with Crippen molar-refractivity contribution >= 4 is 17.4 Å². The number of aliphatic hydroxyl groups excluding tert-OH is 1. The molecule has 1 atom stereocenters. The van der Waals surface area contributed by atoms with Gasteiger partial charge in [-0.25, -0.2) is 0 Å². The predicted molar refractivity (Wildman–Crippen MR) is 134 cm³/mol. The summed E-state index contributed by atoms with van der Waals surface area (Å²) in [5.41, 5.74) is -2.96. The van der Waals surface area contributed by atoms with Gasteiger partial charge in [0.25, 0.3) is 0 Å². The number of halogens is 6. The smallest absolute Gasteiger partial charge is 0.489 e. The van der Waals surface area contributed by atoms with Crippen molar-refractivity contribution in [2.24, 2.45) is 5.92 Å². The number of hydrogen-bond acceptors (Lipinski definition) is 5. The average molecular weight is 560 g/mol. The Morgan fingerprint density at radius 1 is 0.868 bits per heavy atom. The fourth-order valence-electron chi connectivity index (χ4n) is 3.53. The first kappa shape index (κ1) is 29.5. The zero-order valence-electron chi connectivity index (χ0n) is 20.6. The van der Waals surface area contributed by atoms with Gasteiger partial charge in [-0.15, -0.1) is 13.2 Å². The molecule has 0 aliphatic heterocycles. The Morgan fingerprint density at radius 2 is 1.55 bits per heavy atom. The lowest BCUT2D eigenvalue weighted by Gasteiger charge is -2.30. The number of alkyl halides is 6. The summed E-state index contributed by atoms with van der Waals surface area (Å²) in [5, 5.41) is 10.6. The van der Waals surface area contributed by atoms with E-state index in [9.17, 15) is 31.4 Å². The normalized spacial score (nSPS) is 12.9. The topological polar surface area (TPSA) is 41.9 Å². The molecule has 0 saturated carbocycles. The molecule has 0 aliphatic carbocycles. The minimum absolute atomic E-state index is 0.0435. The van der Waals surface area contributed by atoms with Gasteiger partial charge >= 0.3 is 11.9 Å². The van der Waals surface area contributed by atoms with Gasteiger partial charge in [-0.1, -0.05) is 50.2 Å². The van der Waals surface area contributed by atoms with Gasteiger partial charge in [-0.2, -0.15) is 13.2 Å². The molecule has 0 radical (unpaired) electrons. The molecule has 0 amide bonds. The molecule has 3 aromatic rings. The van der Waals surface area contributed by atoms with Crippen LogP contribution in [0, 0.1) is 5.92 Å². The van der Waals surface area contributed by atoms with Gasteiger partial charge < -0.3 is 19.5 Å². The second kappa shape index (κ2) is 12.7. The van der Waals surface area contributed by atoms with Gasteiger partial charge in [-0.3, -0.25) is 0 Å². The van der Waals surface area contributed by atoms with Crippen LogP contribution in [0.4, 0.5) is 32.0 Å². The van der Waals surface area contributed by atoms with E-state index in [1.54, 1.807) is 47.4 Å². The van der Waals surface area contributed by atoms with Crippen LogP contribution in [0.25, 0.3) is 0 Å². The maximum absolute atomic E-state index is 13.1. The van der Waals surface area contributed by atoms with E-state index in [0.29, 0.717) is 22.6 Å². The number of hydrogen-bond donors (Lipinski definition) is 1. The highest BCUT2D eigenvalue weighted by Gasteiger charge is 2.31. The summed E-state index contributed by atoms with van der Waals surface area (Å²) in [6.45, 7) is 3.89. The van der Waals surface area contributed by atoms with Crippen molar-refractivity contribution in [3.63, 3.8) is 0 Å². The molecule has 3 aromatic carbocycles. The van der Waals surface area contributed by atoms with Gasteiger partial charge in [0.05, 0.1) is 6.10 Å². The molecule has 1 unspecified atom stereocenters. The fourth-order valence-corrected chi connectivity index (χ4v) is 4.19. The summed E-state index contributed by atoms with van der Waals surface area (Å²) in [4.78, 5) is 1.84. The largest absolute Gasteiger partial charge is 0.573 e. The van der Waals surface area contributed by atoms with E-state index in [2.05, 4.69) is 4.74 Å². The molecule has 0 spiro atoms. The lowest BCUT2D eigenvalue weighted by molar-refractivity contribution is -0.274. The van der Waals surface area contributed by atoms with Crippen LogP contribution in [0.1, 0.15) is 25.0 Å². The monoisotopic (exact) mass is 559 g/mol. The minimum atomic E-state index is -4.81. The second-order valence-corrected chi connectivity index (χ2v) is 9.94. The highest BCUT2D eigenvalue weighted by molar-refractivity contribution is 8.00. The molecule has 3 rings (SSSR count). The third-order valence-corrected chi connectivity index (χ3v) is 6.31. The predicted octanol–water partition coefficient (Wildman–Crippen LogP) is 7.80. The number of nitrogens with zero attached hydrogens (tertiary/aromatic N) is 1. The summed E-state index contributed by atoms with van der Waals surface area (Å²) >= 11 is -0.191. The van der Waals surface area contributed by atoms with Gasteiger partial charge in [0.1, 0.15) is 18.1 Å². The lowest BCUT2D eigenvalue weighted by Crippen LogP contribution is -2.35. The highest BCUT2D eigenvalue weighted by Crippen LogP contribution is 2.39. The number of rotatable bonds is 11. The molecule has 38 heavy (non-hydrogen) atoms. The van der Waals surface area contributed by atoms with Crippen molar-refractivity contribution in [2.45, 2.75) is 49.9 Å². The van der Waals surface area contributed by atoms with E-state index in [0.717, 1.165) is 0 Å².